The number of nitrogens with zero attached hydrogens (tertiary/aromatic N) is 1. The van der Waals surface area contributed by atoms with Crippen LogP contribution >= 0.6 is 0 Å². The summed E-state index contributed by atoms with van der Waals surface area (Å²) in [7, 11) is 1.44. The SMILES string of the molecule is CCOc1ccc(C(F)(F)F)cc1NC(=O)N(C)[C@@H]1COC[C@H]1O. The van der Waals surface area contributed by atoms with Crippen molar-refractivity contribution in [3.8, 4) is 5.75 Å². The minimum Gasteiger partial charge on any atom is -0.492 e. The van der Waals surface area contributed by atoms with Crippen LogP contribution in [-0.2, 0) is 10.9 Å². The zero-order valence-corrected chi connectivity index (χ0v) is 13.3. The van der Waals surface area contributed by atoms with E-state index in [1.165, 1.54) is 11.9 Å². The number of anilines is 1. The Kier molecular flexibility index (Phi) is 5.55. The molecule has 2 amide bonds. The molecule has 1 aromatic carbocycles. The molecule has 0 aromatic heterocycles. The van der Waals surface area contributed by atoms with Crippen molar-refractivity contribution < 1.29 is 32.5 Å². The Morgan fingerprint density at radius 1 is 1.46 bits per heavy atom. The van der Waals surface area contributed by atoms with Gasteiger partial charge in [-0.3, -0.25) is 0 Å². The Bertz CT molecular complexity index is 595. The summed E-state index contributed by atoms with van der Waals surface area (Å²) in [6.45, 7) is 2.18. The Balaban J connectivity index is 2.21. The monoisotopic (exact) mass is 348 g/mol. The van der Waals surface area contributed by atoms with Crippen molar-refractivity contribution in [3.05, 3.63) is 23.8 Å². The number of ether oxygens (including phenoxy) is 2. The summed E-state index contributed by atoms with van der Waals surface area (Å²) in [5.74, 6) is 0.135. The molecule has 2 N–H and O–H groups in total. The van der Waals surface area contributed by atoms with Crippen LogP contribution < -0.4 is 10.1 Å². The first-order chi connectivity index (χ1) is 11.2. The number of rotatable bonds is 4. The predicted octanol–water partition coefficient (Wildman–Crippen LogP) is 2.33. The Morgan fingerprint density at radius 2 is 2.17 bits per heavy atom. The van der Waals surface area contributed by atoms with E-state index in [-0.39, 0.29) is 31.3 Å². The summed E-state index contributed by atoms with van der Waals surface area (Å²) in [4.78, 5) is 13.5. The van der Waals surface area contributed by atoms with Crippen LogP contribution in [0.2, 0.25) is 0 Å². The topological polar surface area (TPSA) is 71.0 Å². The highest BCUT2D eigenvalue weighted by molar-refractivity contribution is 5.91. The van der Waals surface area contributed by atoms with Gasteiger partial charge in [0.1, 0.15) is 5.75 Å². The molecule has 0 unspecified atom stereocenters. The first kappa shape index (κ1) is 18.3. The van der Waals surface area contributed by atoms with Crippen molar-refractivity contribution in [1.82, 2.24) is 4.90 Å². The molecule has 1 saturated heterocycles. The van der Waals surface area contributed by atoms with E-state index in [0.29, 0.717) is 0 Å². The molecule has 134 valence electrons. The molecule has 2 rings (SSSR count). The fraction of sp³-hybridized carbons (Fsp3) is 0.533. The third kappa shape index (κ3) is 4.09. The lowest BCUT2D eigenvalue weighted by atomic mass is 10.1. The molecule has 1 aliphatic rings. The summed E-state index contributed by atoms with van der Waals surface area (Å²) >= 11 is 0. The van der Waals surface area contributed by atoms with Gasteiger partial charge < -0.3 is 24.8 Å². The molecule has 0 aliphatic carbocycles. The molecule has 24 heavy (non-hydrogen) atoms. The van der Waals surface area contributed by atoms with Crippen LogP contribution in [0.1, 0.15) is 12.5 Å². The van der Waals surface area contributed by atoms with E-state index in [1.807, 2.05) is 0 Å². The lowest BCUT2D eigenvalue weighted by Crippen LogP contribution is -2.46. The third-order valence-electron chi connectivity index (χ3n) is 3.69. The van der Waals surface area contributed by atoms with E-state index in [2.05, 4.69) is 5.32 Å². The Labute approximate surface area is 137 Å². The number of amides is 2. The highest BCUT2D eigenvalue weighted by Gasteiger charge is 2.34. The van der Waals surface area contributed by atoms with Gasteiger partial charge in [-0.2, -0.15) is 13.2 Å². The fourth-order valence-electron chi connectivity index (χ4n) is 2.34. The van der Waals surface area contributed by atoms with Gasteiger partial charge in [-0.1, -0.05) is 0 Å². The van der Waals surface area contributed by atoms with E-state index in [9.17, 15) is 23.1 Å². The smallest absolute Gasteiger partial charge is 0.416 e. The van der Waals surface area contributed by atoms with Gasteiger partial charge >= 0.3 is 12.2 Å². The Hall–Kier alpha value is -2.00. The summed E-state index contributed by atoms with van der Waals surface area (Å²) in [6.07, 6.45) is -5.38. The normalized spacial score (nSPS) is 20.8. The zero-order valence-electron chi connectivity index (χ0n) is 13.3. The van der Waals surface area contributed by atoms with E-state index in [4.69, 9.17) is 9.47 Å². The lowest BCUT2D eigenvalue weighted by Gasteiger charge is -2.26. The number of hydrogen-bond donors (Lipinski definition) is 2. The van der Waals surface area contributed by atoms with Crippen LogP contribution in [0, 0.1) is 0 Å². The van der Waals surface area contributed by atoms with Crippen LogP contribution in [0.25, 0.3) is 0 Å². The minimum atomic E-state index is -4.54. The summed E-state index contributed by atoms with van der Waals surface area (Å²) in [5.41, 5.74) is -0.981. The van der Waals surface area contributed by atoms with Crippen molar-refractivity contribution in [3.63, 3.8) is 0 Å². The largest absolute Gasteiger partial charge is 0.492 e. The highest BCUT2D eigenvalue weighted by atomic mass is 19.4. The van der Waals surface area contributed by atoms with Gasteiger partial charge in [0.2, 0.25) is 0 Å². The van der Waals surface area contributed by atoms with Crippen LogP contribution in [-0.4, -0.2) is 55.1 Å². The van der Waals surface area contributed by atoms with E-state index >= 15 is 0 Å². The van der Waals surface area contributed by atoms with E-state index in [1.54, 1.807) is 6.92 Å². The van der Waals surface area contributed by atoms with Crippen molar-refractivity contribution >= 4 is 11.7 Å². The van der Waals surface area contributed by atoms with Crippen LogP contribution in [0.5, 0.6) is 5.75 Å². The maximum absolute atomic E-state index is 12.9. The highest BCUT2D eigenvalue weighted by Crippen LogP contribution is 2.35. The van der Waals surface area contributed by atoms with E-state index in [0.717, 1.165) is 18.2 Å². The minimum absolute atomic E-state index is 0.0862. The quantitative estimate of drug-likeness (QED) is 0.876. The molecular weight excluding hydrogens is 329 g/mol. The first-order valence-corrected chi connectivity index (χ1v) is 7.37. The standard InChI is InChI=1S/C15H19F3N2O4/c1-3-24-13-5-4-9(15(16,17)18)6-10(13)19-14(22)20(2)11-7-23-8-12(11)21/h4-6,11-12,21H,3,7-8H2,1-2H3,(H,19,22)/t11-,12-/m1/s1. The number of carbonyl (C=O) groups excluding carboxylic acids is 1. The molecule has 9 heteroatoms. The second kappa shape index (κ2) is 7.27. The second-order valence-electron chi connectivity index (χ2n) is 5.35. The van der Waals surface area contributed by atoms with Gasteiger partial charge in [-0.25, -0.2) is 4.79 Å². The summed E-state index contributed by atoms with van der Waals surface area (Å²) in [6, 6.07) is 1.64. The molecule has 0 bridgehead atoms. The van der Waals surface area contributed by atoms with Crippen molar-refractivity contribution in [1.29, 1.82) is 0 Å². The molecular formula is C15H19F3N2O4. The molecule has 1 fully saturated rings. The van der Waals surface area contributed by atoms with Crippen molar-refractivity contribution in [2.75, 3.05) is 32.2 Å². The van der Waals surface area contributed by atoms with E-state index < -0.39 is 29.9 Å². The predicted molar refractivity (Wildman–Crippen MR) is 80.0 cm³/mol. The number of halogens is 3. The number of benzene rings is 1. The molecule has 1 heterocycles. The van der Waals surface area contributed by atoms with Gasteiger partial charge in [0.05, 0.1) is 43.2 Å². The second-order valence-corrected chi connectivity index (χ2v) is 5.35. The number of aliphatic hydroxyl groups excluding tert-OH is 1. The molecule has 6 nitrogen and oxygen atoms in total. The number of carbonyl (C=O) groups is 1. The Morgan fingerprint density at radius 3 is 2.71 bits per heavy atom. The fourth-order valence-corrected chi connectivity index (χ4v) is 2.34. The van der Waals surface area contributed by atoms with Crippen molar-refractivity contribution in [2.24, 2.45) is 0 Å². The first-order valence-electron chi connectivity index (χ1n) is 7.37. The number of aliphatic hydroxyl groups is 1. The number of likely N-dealkylation sites (N-methyl/N-ethyl adjacent to an activating group) is 1. The van der Waals surface area contributed by atoms with Crippen molar-refractivity contribution in [2.45, 2.75) is 25.2 Å². The maximum atomic E-state index is 12.9. The third-order valence-corrected chi connectivity index (χ3v) is 3.69. The lowest BCUT2D eigenvalue weighted by molar-refractivity contribution is -0.137. The van der Waals surface area contributed by atoms with Gasteiger partial charge in [0.15, 0.2) is 0 Å². The zero-order chi connectivity index (χ0) is 17.9. The van der Waals surface area contributed by atoms with Gasteiger partial charge in [0.25, 0.3) is 0 Å². The van der Waals surface area contributed by atoms with Crippen LogP contribution in [0.4, 0.5) is 23.7 Å². The van der Waals surface area contributed by atoms with Gasteiger partial charge in [-0.15, -0.1) is 0 Å². The number of alkyl halides is 3. The van der Waals surface area contributed by atoms with Crippen LogP contribution in [0.15, 0.2) is 18.2 Å². The summed E-state index contributed by atoms with van der Waals surface area (Å²) in [5, 5.41) is 12.1. The molecule has 0 spiro atoms. The van der Waals surface area contributed by atoms with Crippen LogP contribution in [0.3, 0.4) is 0 Å². The number of nitrogens with one attached hydrogen (secondary N) is 1. The van der Waals surface area contributed by atoms with Gasteiger partial charge in [-0.05, 0) is 25.1 Å². The molecule has 0 saturated carbocycles. The summed E-state index contributed by atoms with van der Waals surface area (Å²) < 4.78 is 48.9. The molecule has 2 atom stereocenters. The number of urea groups is 1. The molecule has 1 aliphatic heterocycles. The molecule has 0 radical (unpaired) electrons. The maximum Gasteiger partial charge on any atom is 0.416 e. The average molecular weight is 348 g/mol. The average Bonchev–Trinajstić information content (AvgIpc) is 2.93. The van der Waals surface area contributed by atoms with Gasteiger partial charge in [0, 0.05) is 7.05 Å². The molecule has 1 aromatic rings. The number of hydrogen-bond acceptors (Lipinski definition) is 4.